The number of hydrogen-bond donors (Lipinski definition) is 1. The maximum absolute atomic E-state index is 13.3. The Balaban J connectivity index is 1.75. The smallest absolute Gasteiger partial charge is 0.387 e. The lowest BCUT2D eigenvalue weighted by Crippen LogP contribution is -2.22. The number of carbonyl (C=O) groups is 1. The van der Waals surface area contributed by atoms with E-state index in [1.54, 1.807) is 18.2 Å². The molecule has 0 fully saturated rings. The third-order valence-corrected chi connectivity index (χ3v) is 5.24. The van der Waals surface area contributed by atoms with Gasteiger partial charge < -0.3 is 19.5 Å². The lowest BCUT2D eigenvalue weighted by Gasteiger charge is -2.17. The van der Waals surface area contributed by atoms with Gasteiger partial charge in [0.15, 0.2) is 0 Å². The summed E-state index contributed by atoms with van der Waals surface area (Å²) in [6.45, 7) is -2.19. The number of aliphatic hydroxyl groups is 1. The van der Waals surface area contributed by atoms with Crippen molar-refractivity contribution >= 4 is 11.6 Å². The van der Waals surface area contributed by atoms with Crippen molar-refractivity contribution in [1.29, 1.82) is 0 Å². The molecule has 0 aliphatic carbocycles. The van der Waals surface area contributed by atoms with Crippen LogP contribution in [0.3, 0.4) is 0 Å². The fourth-order valence-electron chi connectivity index (χ4n) is 3.71. The third kappa shape index (κ3) is 4.81. The topological polar surface area (TPSA) is 71.9 Å². The lowest BCUT2D eigenvalue weighted by molar-refractivity contribution is -0.0498. The molecule has 1 N–H and O–H groups in total. The molecule has 2 aromatic carbocycles. The maximum Gasteiger partial charge on any atom is 0.387 e. The first kappa shape index (κ1) is 23.5. The Hall–Kier alpha value is -3.66. The molecule has 1 aromatic heterocycles. The summed E-state index contributed by atoms with van der Waals surface area (Å²) in [5.41, 5.74) is 2.21. The second kappa shape index (κ2) is 9.68. The number of pyridine rings is 1. The first-order valence-corrected chi connectivity index (χ1v) is 10.3. The van der Waals surface area contributed by atoms with Gasteiger partial charge in [-0.05, 0) is 49.4 Å². The summed E-state index contributed by atoms with van der Waals surface area (Å²) < 4.78 is 60.0. The van der Waals surface area contributed by atoms with Crippen molar-refractivity contribution in [2.75, 3.05) is 11.5 Å². The standard InChI is InChI=1S/C24H20F4N2O4/c1-13(31)19-10-17-18(22(29-19)16-4-2-3-5-20(16)33-12-21(25)26)11-30(23(17)32)14-6-8-15(9-7-14)34-24(27)28/h2-10,13,21,24,31H,11-12H2,1H3. The molecule has 0 bridgehead atoms. The van der Waals surface area contributed by atoms with E-state index in [2.05, 4.69) is 9.72 Å². The fraction of sp³-hybridized carbons (Fsp3) is 0.250. The SMILES string of the molecule is CC(O)c1cc2c(c(-c3ccccc3OCC(F)F)n1)CN(c1ccc(OC(F)F)cc1)C2=O. The van der Waals surface area contributed by atoms with Crippen LogP contribution in [-0.4, -0.2) is 35.6 Å². The normalized spacial score (nSPS) is 14.0. The zero-order chi connectivity index (χ0) is 24.4. The van der Waals surface area contributed by atoms with Crippen molar-refractivity contribution in [1.82, 2.24) is 4.98 Å². The number of hydrogen-bond acceptors (Lipinski definition) is 5. The molecule has 2 heterocycles. The quantitative estimate of drug-likeness (QED) is 0.452. The van der Waals surface area contributed by atoms with Gasteiger partial charge in [0.05, 0.1) is 24.0 Å². The van der Waals surface area contributed by atoms with Gasteiger partial charge in [-0.1, -0.05) is 12.1 Å². The molecule has 0 saturated heterocycles. The van der Waals surface area contributed by atoms with E-state index in [1.165, 1.54) is 48.2 Å². The van der Waals surface area contributed by atoms with Crippen LogP contribution in [-0.2, 0) is 6.54 Å². The third-order valence-electron chi connectivity index (χ3n) is 5.24. The van der Waals surface area contributed by atoms with Gasteiger partial charge in [-0.25, -0.2) is 13.8 Å². The minimum Gasteiger partial charge on any atom is -0.487 e. The van der Waals surface area contributed by atoms with Crippen LogP contribution >= 0.6 is 0 Å². The molecule has 34 heavy (non-hydrogen) atoms. The zero-order valence-corrected chi connectivity index (χ0v) is 17.9. The van der Waals surface area contributed by atoms with E-state index in [9.17, 15) is 27.5 Å². The fourth-order valence-corrected chi connectivity index (χ4v) is 3.71. The molecule has 1 atom stereocenters. The predicted molar refractivity (Wildman–Crippen MR) is 115 cm³/mol. The highest BCUT2D eigenvalue weighted by molar-refractivity contribution is 6.11. The average molecular weight is 476 g/mol. The number of benzene rings is 2. The Bertz CT molecular complexity index is 1190. The predicted octanol–water partition coefficient (Wildman–Crippen LogP) is 5.21. The molecule has 178 valence electrons. The van der Waals surface area contributed by atoms with Crippen LogP contribution in [0, 0.1) is 0 Å². The molecule has 1 aliphatic rings. The highest BCUT2D eigenvalue weighted by atomic mass is 19.3. The highest BCUT2D eigenvalue weighted by Gasteiger charge is 2.33. The van der Waals surface area contributed by atoms with E-state index in [1.807, 2.05) is 0 Å². The van der Waals surface area contributed by atoms with Gasteiger partial charge in [0.1, 0.15) is 18.1 Å². The van der Waals surface area contributed by atoms with Crippen molar-refractivity contribution in [3.05, 3.63) is 71.4 Å². The van der Waals surface area contributed by atoms with Gasteiger partial charge in [-0.2, -0.15) is 8.78 Å². The van der Waals surface area contributed by atoms with Crippen LogP contribution in [0.1, 0.15) is 34.6 Å². The Labute approximate surface area is 192 Å². The van der Waals surface area contributed by atoms with Gasteiger partial charge >= 0.3 is 6.61 Å². The van der Waals surface area contributed by atoms with Crippen LogP contribution in [0.5, 0.6) is 11.5 Å². The van der Waals surface area contributed by atoms with Crippen LogP contribution in [0.2, 0.25) is 0 Å². The largest absolute Gasteiger partial charge is 0.487 e. The lowest BCUT2D eigenvalue weighted by atomic mass is 10.00. The molecule has 10 heteroatoms. The number of nitrogens with zero attached hydrogens (tertiary/aromatic N) is 2. The number of para-hydroxylation sites is 1. The molecule has 0 spiro atoms. The van der Waals surface area contributed by atoms with Crippen LogP contribution in [0.25, 0.3) is 11.3 Å². The summed E-state index contributed by atoms with van der Waals surface area (Å²) in [4.78, 5) is 19.2. The first-order valence-electron chi connectivity index (χ1n) is 10.3. The van der Waals surface area contributed by atoms with E-state index in [0.29, 0.717) is 22.5 Å². The van der Waals surface area contributed by atoms with Crippen LogP contribution in [0.4, 0.5) is 23.2 Å². The van der Waals surface area contributed by atoms with Crippen LogP contribution < -0.4 is 14.4 Å². The first-order chi connectivity index (χ1) is 16.2. The second-order valence-corrected chi connectivity index (χ2v) is 7.56. The minimum atomic E-state index is -2.97. The van der Waals surface area contributed by atoms with E-state index >= 15 is 0 Å². The summed E-state index contributed by atoms with van der Waals surface area (Å²) in [5.74, 6) is -0.263. The van der Waals surface area contributed by atoms with E-state index in [0.717, 1.165) is 0 Å². The van der Waals surface area contributed by atoms with Crippen molar-refractivity contribution in [2.45, 2.75) is 32.6 Å². The highest BCUT2D eigenvalue weighted by Crippen LogP contribution is 2.39. The molecular formula is C24H20F4N2O4. The van der Waals surface area contributed by atoms with Gasteiger partial charge in [0.25, 0.3) is 12.3 Å². The van der Waals surface area contributed by atoms with Crippen molar-refractivity contribution in [3.8, 4) is 22.8 Å². The minimum absolute atomic E-state index is 0.0493. The van der Waals surface area contributed by atoms with Gasteiger partial charge in [-0.15, -0.1) is 0 Å². The van der Waals surface area contributed by atoms with Crippen molar-refractivity contribution < 1.29 is 36.9 Å². The Morgan fingerprint density at radius 3 is 2.41 bits per heavy atom. The number of carbonyl (C=O) groups excluding carboxylic acids is 1. The molecule has 1 aliphatic heterocycles. The summed E-state index contributed by atoms with van der Waals surface area (Å²) in [7, 11) is 0. The molecule has 4 rings (SSSR count). The molecular weight excluding hydrogens is 456 g/mol. The Kier molecular flexibility index (Phi) is 6.69. The molecule has 3 aromatic rings. The number of anilines is 1. The number of ether oxygens (including phenoxy) is 2. The number of amides is 1. The summed E-state index contributed by atoms with van der Waals surface area (Å²) >= 11 is 0. The van der Waals surface area contributed by atoms with Gasteiger partial charge in [0.2, 0.25) is 0 Å². The maximum atomic E-state index is 13.3. The van der Waals surface area contributed by atoms with E-state index < -0.39 is 25.7 Å². The number of alkyl halides is 4. The van der Waals surface area contributed by atoms with Gasteiger partial charge in [0, 0.05) is 22.4 Å². The number of aromatic nitrogens is 1. The average Bonchev–Trinajstić information content (AvgIpc) is 3.14. The summed E-state index contributed by atoms with van der Waals surface area (Å²) in [5, 5.41) is 10.2. The summed E-state index contributed by atoms with van der Waals surface area (Å²) in [6.07, 6.45) is -3.67. The number of halogens is 4. The van der Waals surface area contributed by atoms with Gasteiger partial charge in [-0.3, -0.25) is 4.79 Å². The molecule has 0 saturated carbocycles. The number of fused-ring (bicyclic) bond motifs is 1. The van der Waals surface area contributed by atoms with Crippen molar-refractivity contribution in [3.63, 3.8) is 0 Å². The number of rotatable bonds is 8. The van der Waals surface area contributed by atoms with Crippen LogP contribution in [0.15, 0.2) is 54.6 Å². The molecule has 6 nitrogen and oxygen atoms in total. The number of aliphatic hydroxyl groups excluding tert-OH is 1. The van der Waals surface area contributed by atoms with E-state index in [4.69, 9.17) is 4.74 Å². The zero-order valence-electron chi connectivity index (χ0n) is 17.9. The molecule has 0 radical (unpaired) electrons. The molecule has 1 amide bonds. The summed E-state index contributed by atoms with van der Waals surface area (Å²) in [6, 6.07) is 13.6. The van der Waals surface area contributed by atoms with E-state index in [-0.39, 0.29) is 35.2 Å². The monoisotopic (exact) mass is 476 g/mol. The Morgan fingerprint density at radius 2 is 1.76 bits per heavy atom. The Morgan fingerprint density at radius 1 is 1.06 bits per heavy atom. The van der Waals surface area contributed by atoms with Crippen molar-refractivity contribution in [2.24, 2.45) is 0 Å². The second-order valence-electron chi connectivity index (χ2n) is 7.56. The molecule has 1 unspecified atom stereocenters.